The van der Waals surface area contributed by atoms with Crippen LogP contribution in [0.15, 0.2) is 27.6 Å². The van der Waals surface area contributed by atoms with Gasteiger partial charge in [0.25, 0.3) is 0 Å². The maximum absolute atomic E-state index is 13.6. The lowest BCUT2D eigenvalue weighted by Gasteiger charge is -2.34. The Morgan fingerprint density at radius 1 is 1.40 bits per heavy atom. The minimum Gasteiger partial charge on any atom is -0.207 e. The molecule has 1 unspecified atom stereocenters. The molecule has 1 fully saturated rings. The van der Waals surface area contributed by atoms with Crippen molar-refractivity contribution in [1.82, 2.24) is 4.31 Å². The zero-order chi connectivity index (χ0) is 14.8. The second-order valence-electron chi connectivity index (χ2n) is 5.13. The molecule has 1 saturated heterocycles. The first-order valence-corrected chi connectivity index (χ1v) is 9.17. The number of hydrogen-bond donors (Lipinski definition) is 0. The summed E-state index contributed by atoms with van der Waals surface area (Å²) in [6.45, 7) is 2.59. The lowest BCUT2D eigenvalue weighted by molar-refractivity contribution is 0.239. The lowest BCUT2D eigenvalue weighted by atomic mass is 10.0. The Bertz CT molecular complexity index is 575. The molecule has 1 aliphatic heterocycles. The normalized spacial score (nSPS) is 21.1. The molecule has 0 saturated carbocycles. The van der Waals surface area contributed by atoms with Gasteiger partial charge in [0.1, 0.15) is 5.82 Å². The van der Waals surface area contributed by atoms with Crippen molar-refractivity contribution in [2.75, 3.05) is 6.54 Å². The number of sulfonamides is 1. The summed E-state index contributed by atoms with van der Waals surface area (Å²) in [6.07, 6.45) is 4.64. The standard InChI is InChI=1S/C14H19BrFNO2S/c1-2-5-11-6-3-4-9-17(11)20(18,19)12-7-8-13(15)14(16)10-12/h7-8,10-11H,2-6,9H2,1H3. The summed E-state index contributed by atoms with van der Waals surface area (Å²) in [7, 11) is -3.60. The van der Waals surface area contributed by atoms with Crippen LogP contribution in [-0.2, 0) is 10.0 Å². The molecule has 1 aliphatic rings. The van der Waals surface area contributed by atoms with Gasteiger partial charge in [-0.3, -0.25) is 0 Å². The smallest absolute Gasteiger partial charge is 0.207 e. The van der Waals surface area contributed by atoms with E-state index in [0.29, 0.717) is 6.54 Å². The van der Waals surface area contributed by atoms with Crippen molar-refractivity contribution in [2.45, 2.75) is 50.0 Å². The van der Waals surface area contributed by atoms with E-state index in [2.05, 4.69) is 22.9 Å². The summed E-state index contributed by atoms with van der Waals surface area (Å²) in [4.78, 5) is 0.0428. The van der Waals surface area contributed by atoms with E-state index in [1.165, 1.54) is 12.1 Å². The monoisotopic (exact) mass is 363 g/mol. The van der Waals surface area contributed by atoms with Crippen molar-refractivity contribution in [2.24, 2.45) is 0 Å². The number of rotatable bonds is 4. The fourth-order valence-electron chi connectivity index (χ4n) is 2.68. The number of piperidine rings is 1. The Hall–Kier alpha value is -0.460. The minimum absolute atomic E-state index is 0.0428. The Morgan fingerprint density at radius 2 is 2.15 bits per heavy atom. The van der Waals surface area contributed by atoms with Gasteiger partial charge in [0.2, 0.25) is 10.0 Å². The highest BCUT2D eigenvalue weighted by molar-refractivity contribution is 9.10. The molecule has 2 rings (SSSR count). The van der Waals surface area contributed by atoms with Crippen LogP contribution in [0.2, 0.25) is 0 Å². The van der Waals surface area contributed by atoms with E-state index in [-0.39, 0.29) is 15.4 Å². The van der Waals surface area contributed by atoms with Crippen LogP contribution in [0.3, 0.4) is 0 Å². The molecule has 20 heavy (non-hydrogen) atoms. The average molecular weight is 364 g/mol. The van der Waals surface area contributed by atoms with Gasteiger partial charge < -0.3 is 0 Å². The van der Waals surface area contributed by atoms with Gasteiger partial charge in [-0.25, -0.2) is 12.8 Å². The zero-order valence-corrected chi connectivity index (χ0v) is 13.9. The van der Waals surface area contributed by atoms with Crippen molar-refractivity contribution in [3.63, 3.8) is 0 Å². The highest BCUT2D eigenvalue weighted by Gasteiger charge is 2.33. The summed E-state index contributed by atoms with van der Waals surface area (Å²) in [6, 6.07) is 4.04. The highest BCUT2D eigenvalue weighted by Crippen LogP contribution is 2.29. The molecule has 1 atom stereocenters. The number of benzene rings is 1. The Morgan fingerprint density at radius 3 is 2.80 bits per heavy atom. The van der Waals surface area contributed by atoms with Gasteiger partial charge in [0.05, 0.1) is 9.37 Å². The van der Waals surface area contributed by atoms with E-state index in [1.54, 1.807) is 4.31 Å². The van der Waals surface area contributed by atoms with Crippen molar-refractivity contribution in [3.8, 4) is 0 Å². The molecule has 0 radical (unpaired) electrons. The van der Waals surface area contributed by atoms with E-state index in [4.69, 9.17) is 0 Å². The molecule has 0 N–H and O–H groups in total. The van der Waals surface area contributed by atoms with Crippen LogP contribution in [0.1, 0.15) is 39.0 Å². The van der Waals surface area contributed by atoms with Crippen LogP contribution < -0.4 is 0 Å². The third-order valence-corrected chi connectivity index (χ3v) is 6.28. The summed E-state index contributed by atoms with van der Waals surface area (Å²) >= 11 is 3.05. The van der Waals surface area contributed by atoms with Crippen LogP contribution in [0.25, 0.3) is 0 Å². The predicted molar refractivity (Wildman–Crippen MR) is 80.5 cm³/mol. The van der Waals surface area contributed by atoms with Gasteiger partial charge in [-0.1, -0.05) is 19.8 Å². The molecule has 0 bridgehead atoms. The first-order valence-electron chi connectivity index (χ1n) is 6.93. The van der Waals surface area contributed by atoms with Crippen molar-refractivity contribution in [3.05, 3.63) is 28.5 Å². The largest absolute Gasteiger partial charge is 0.243 e. The number of hydrogen-bond acceptors (Lipinski definition) is 2. The summed E-state index contributed by atoms with van der Waals surface area (Å²) in [5.41, 5.74) is 0. The highest BCUT2D eigenvalue weighted by atomic mass is 79.9. The van der Waals surface area contributed by atoms with E-state index < -0.39 is 15.8 Å². The predicted octanol–water partition coefficient (Wildman–Crippen LogP) is 3.93. The first-order chi connectivity index (χ1) is 9.46. The molecule has 3 nitrogen and oxygen atoms in total. The molecule has 0 amide bonds. The summed E-state index contributed by atoms with van der Waals surface area (Å²) in [5.74, 6) is -0.546. The third kappa shape index (κ3) is 3.23. The summed E-state index contributed by atoms with van der Waals surface area (Å²) in [5, 5.41) is 0. The summed E-state index contributed by atoms with van der Waals surface area (Å²) < 4.78 is 40.8. The van der Waals surface area contributed by atoms with Crippen LogP contribution in [0.5, 0.6) is 0 Å². The fourth-order valence-corrected chi connectivity index (χ4v) is 4.67. The van der Waals surface area contributed by atoms with Crippen LogP contribution in [0.4, 0.5) is 4.39 Å². The van der Waals surface area contributed by atoms with Crippen molar-refractivity contribution < 1.29 is 12.8 Å². The molecular formula is C14H19BrFNO2S. The van der Waals surface area contributed by atoms with E-state index in [0.717, 1.165) is 38.2 Å². The Kier molecular flexibility index (Phi) is 5.20. The fraction of sp³-hybridized carbons (Fsp3) is 0.571. The molecule has 0 aliphatic carbocycles. The van der Waals surface area contributed by atoms with E-state index >= 15 is 0 Å². The topological polar surface area (TPSA) is 37.4 Å². The molecule has 1 aromatic carbocycles. The van der Waals surface area contributed by atoms with Gasteiger partial charge in [-0.15, -0.1) is 0 Å². The van der Waals surface area contributed by atoms with E-state index in [9.17, 15) is 12.8 Å². The van der Waals surface area contributed by atoms with Crippen LogP contribution in [-0.4, -0.2) is 25.3 Å². The molecule has 112 valence electrons. The van der Waals surface area contributed by atoms with Gasteiger partial charge in [0, 0.05) is 12.6 Å². The Labute approximate surface area is 128 Å². The number of nitrogens with zero attached hydrogens (tertiary/aromatic N) is 1. The van der Waals surface area contributed by atoms with Gasteiger partial charge in [0.15, 0.2) is 0 Å². The van der Waals surface area contributed by atoms with Crippen molar-refractivity contribution in [1.29, 1.82) is 0 Å². The van der Waals surface area contributed by atoms with Crippen LogP contribution in [0, 0.1) is 5.82 Å². The zero-order valence-electron chi connectivity index (χ0n) is 11.5. The molecule has 6 heteroatoms. The van der Waals surface area contributed by atoms with Gasteiger partial charge in [-0.05, 0) is 53.4 Å². The maximum atomic E-state index is 13.6. The molecule has 1 aromatic rings. The second kappa shape index (κ2) is 6.54. The maximum Gasteiger partial charge on any atom is 0.243 e. The molecule has 1 heterocycles. The first kappa shape index (κ1) is 15.9. The number of halogens is 2. The SMILES string of the molecule is CCCC1CCCCN1S(=O)(=O)c1ccc(Br)c(F)c1. The van der Waals surface area contributed by atoms with E-state index in [1.807, 2.05) is 0 Å². The average Bonchev–Trinajstić information content (AvgIpc) is 2.42. The van der Waals surface area contributed by atoms with Crippen molar-refractivity contribution >= 4 is 26.0 Å². The quantitative estimate of drug-likeness (QED) is 0.812. The van der Waals surface area contributed by atoms with Gasteiger partial charge >= 0.3 is 0 Å². The molecule has 0 spiro atoms. The minimum atomic E-state index is -3.60. The second-order valence-corrected chi connectivity index (χ2v) is 7.87. The Balaban J connectivity index is 2.34. The molecular weight excluding hydrogens is 345 g/mol. The lowest BCUT2D eigenvalue weighted by Crippen LogP contribution is -2.43. The molecule has 0 aromatic heterocycles. The van der Waals surface area contributed by atoms with Crippen LogP contribution >= 0.6 is 15.9 Å². The third-order valence-electron chi connectivity index (χ3n) is 3.69. The van der Waals surface area contributed by atoms with Gasteiger partial charge in [-0.2, -0.15) is 4.31 Å².